The van der Waals surface area contributed by atoms with Crippen molar-refractivity contribution < 1.29 is 17.9 Å². The van der Waals surface area contributed by atoms with E-state index in [1.54, 1.807) is 6.92 Å². The maximum Gasteiger partial charge on any atom is 0.391 e. The number of ether oxygens (including phenoxy) is 1. The normalized spacial score (nSPS) is 15.4. The van der Waals surface area contributed by atoms with Crippen LogP contribution in [0.5, 0.6) is 0 Å². The summed E-state index contributed by atoms with van der Waals surface area (Å²) in [6.07, 6.45) is -3.98. The summed E-state index contributed by atoms with van der Waals surface area (Å²) in [5, 5.41) is 12.2. The molecule has 0 saturated heterocycles. The summed E-state index contributed by atoms with van der Waals surface area (Å²) in [5.74, 6) is 0. The third-order valence-corrected chi connectivity index (χ3v) is 2.35. The van der Waals surface area contributed by atoms with Crippen molar-refractivity contribution in [3.05, 3.63) is 0 Å². The van der Waals surface area contributed by atoms with Gasteiger partial charge in [-0.2, -0.15) is 18.4 Å². The fourth-order valence-electron chi connectivity index (χ4n) is 1.62. The Kier molecular flexibility index (Phi) is 7.26. The molecule has 0 rings (SSSR count). The van der Waals surface area contributed by atoms with Crippen molar-refractivity contribution in [1.82, 2.24) is 5.32 Å². The van der Waals surface area contributed by atoms with E-state index in [0.717, 1.165) is 0 Å². The van der Waals surface area contributed by atoms with Crippen LogP contribution in [0.25, 0.3) is 0 Å². The molecule has 106 valence electrons. The molecule has 0 amide bonds. The number of nitrogens with zero attached hydrogens (tertiary/aromatic N) is 1. The van der Waals surface area contributed by atoms with E-state index in [4.69, 9.17) is 10.00 Å². The maximum absolute atomic E-state index is 11.8. The minimum absolute atomic E-state index is 0.181. The zero-order valence-corrected chi connectivity index (χ0v) is 11.1. The molecule has 0 aliphatic heterocycles. The van der Waals surface area contributed by atoms with Crippen molar-refractivity contribution in [2.24, 2.45) is 0 Å². The number of hydrogen-bond acceptors (Lipinski definition) is 3. The number of halogens is 3. The number of rotatable bonds is 8. The first-order valence-electron chi connectivity index (χ1n) is 6.02. The van der Waals surface area contributed by atoms with Crippen LogP contribution in [-0.4, -0.2) is 31.0 Å². The Hall–Kier alpha value is -0.800. The van der Waals surface area contributed by atoms with E-state index in [2.05, 4.69) is 11.4 Å². The Morgan fingerprint density at radius 1 is 1.22 bits per heavy atom. The molecule has 1 unspecified atom stereocenters. The van der Waals surface area contributed by atoms with Crippen LogP contribution in [0.1, 0.15) is 40.0 Å². The molecule has 0 heterocycles. The standard InChI is InChI=1S/C12H21F3N2O/c1-10(2)17-11(3,9-16)5-4-7-18-8-6-12(13,14)15/h10,17H,4-8H2,1-3H3. The smallest absolute Gasteiger partial charge is 0.381 e. The first kappa shape index (κ1) is 17.2. The average Bonchev–Trinajstić information content (AvgIpc) is 2.20. The van der Waals surface area contributed by atoms with E-state index in [9.17, 15) is 13.2 Å². The molecule has 0 bridgehead atoms. The molecule has 3 nitrogen and oxygen atoms in total. The van der Waals surface area contributed by atoms with E-state index in [-0.39, 0.29) is 19.3 Å². The second kappa shape index (κ2) is 7.59. The molecule has 0 aliphatic rings. The predicted molar refractivity (Wildman–Crippen MR) is 63.0 cm³/mol. The van der Waals surface area contributed by atoms with E-state index in [1.165, 1.54) is 0 Å². The first-order valence-corrected chi connectivity index (χ1v) is 6.02. The lowest BCUT2D eigenvalue weighted by Gasteiger charge is -2.25. The summed E-state index contributed by atoms with van der Waals surface area (Å²) in [6, 6.07) is 2.36. The Morgan fingerprint density at radius 3 is 2.28 bits per heavy atom. The van der Waals surface area contributed by atoms with Crippen molar-refractivity contribution in [3.63, 3.8) is 0 Å². The lowest BCUT2D eigenvalue weighted by atomic mass is 9.97. The fraction of sp³-hybridized carbons (Fsp3) is 0.917. The molecule has 0 aromatic carbocycles. The Labute approximate surface area is 106 Å². The van der Waals surface area contributed by atoms with Crippen molar-refractivity contribution in [1.29, 1.82) is 5.26 Å². The third kappa shape index (κ3) is 9.25. The minimum atomic E-state index is -4.17. The number of nitrogens with one attached hydrogen (secondary N) is 1. The molecule has 0 aliphatic carbocycles. The average molecular weight is 266 g/mol. The summed E-state index contributed by atoms with van der Waals surface area (Å²) >= 11 is 0. The molecule has 0 fully saturated rings. The van der Waals surface area contributed by atoms with Crippen LogP contribution in [0.2, 0.25) is 0 Å². The molecular formula is C12H21F3N2O. The highest BCUT2D eigenvalue weighted by atomic mass is 19.4. The van der Waals surface area contributed by atoms with Gasteiger partial charge in [0.2, 0.25) is 0 Å². The molecule has 1 atom stereocenters. The minimum Gasteiger partial charge on any atom is -0.381 e. The molecule has 0 aromatic heterocycles. The SMILES string of the molecule is CC(C)NC(C)(C#N)CCCOCCC(F)(F)F. The molecule has 0 aromatic rings. The quantitative estimate of drug-likeness (QED) is 0.687. The monoisotopic (exact) mass is 266 g/mol. The number of hydrogen-bond donors (Lipinski definition) is 1. The van der Waals surface area contributed by atoms with Crippen LogP contribution in [0.3, 0.4) is 0 Å². The largest absolute Gasteiger partial charge is 0.391 e. The summed E-state index contributed by atoms with van der Waals surface area (Å²) < 4.78 is 40.4. The van der Waals surface area contributed by atoms with Gasteiger partial charge in [-0.15, -0.1) is 0 Å². The van der Waals surface area contributed by atoms with Gasteiger partial charge in [-0.3, -0.25) is 5.32 Å². The fourth-order valence-corrected chi connectivity index (χ4v) is 1.62. The van der Waals surface area contributed by atoms with Gasteiger partial charge in [-0.05, 0) is 33.6 Å². The van der Waals surface area contributed by atoms with Gasteiger partial charge in [-0.25, -0.2) is 0 Å². The van der Waals surface area contributed by atoms with Gasteiger partial charge in [0.1, 0.15) is 5.54 Å². The highest BCUT2D eigenvalue weighted by molar-refractivity contribution is 5.04. The van der Waals surface area contributed by atoms with Gasteiger partial charge in [-0.1, -0.05) is 0 Å². The number of alkyl halides is 3. The molecule has 0 saturated carbocycles. The lowest BCUT2D eigenvalue weighted by Crippen LogP contribution is -2.45. The Balaban J connectivity index is 3.73. The van der Waals surface area contributed by atoms with E-state index >= 15 is 0 Å². The van der Waals surface area contributed by atoms with Crippen molar-refractivity contribution in [2.75, 3.05) is 13.2 Å². The zero-order valence-electron chi connectivity index (χ0n) is 11.1. The third-order valence-electron chi connectivity index (χ3n) is 2.35. The molecule has 0 spiro atoms. The molecule has 0 radical (unpaired) electrons. The van der Waals surface area contributed by atoms with Crippen LogP contribution in [0, 0.1) is 11.3 Å². The first-order chi connectivity index (χ1) is 8.18. The summed E-state index contributed by atoms with van der Waals surface area (Å²) in [7, 11) is 0. The molecule has 6 heteroatoms. The van der Waals surface area contributed by atoms with Crippen molar-refractivity contribution >= 4 is 0 Å². The zero-order chi connectivity index (χ0) is 14.2. The van der Waals surface area contributed by atoms with Crippen LogP contribution in [-0.2, 0) is 4.74 Å². The predicted octanol–water partition coefficient (Wildman–Crippen LogP) is 3.02. The van der Waals surface area contributed by atoms with Gasteiger partial charge in [0.15, 0.2) is 0 Å². The van der Waals surface area contributed by atoms with Gasteiger partial charge in [0.25, 0.3) is 0 Å². The maximum atomic E-state index is 11.8. The Bertz CT molecular complexity index is 273. The van der Waals surface area contributed by atoms with Gasteiger partial charge in [0.05, 0.1) is 19.1 Å². The van der Waals surface area contributed by atoms with Crippen LogP contribution in [0.15, 0.2) is 0 Å². The van der Waals surface area contributed by atoms with Gasteiger partial charge >= 0.3 is 6.18 Å². The second-order valence-electron chi connectivity index (χ2n) is 4.82. The summed E-state index contributed by atoms with van der Waals surface area (Å²) in [6.45, 7) is 5.59. The molecular weight excluding hydrogens is 245 g/mol. The van der Waals surface area contributed by atoms with E-state index in [0.29, 0.717) is 12.8 Å². The van der Waals surface area contributed by atoms with E-state index < -0.39 is 18.1 Å². The van der Waals surface area contributed by atoms with Crippen LogP contribution in [0.4, 0.5) is 13.2 Å². The van der Waals surface area contributed by atoms with Crippen LogP contribution >= 0.6 is 0 Å². The second-order valence-corrected chi connectivity index (χ2v) is 4.82. The molecule has 1 N–H and O–H groups in total. The molecule has 18 heavy (non-hydrogen) atoms. The number of nitriles is 1. The van der Waals surface area contributed by atoms with Crippen molar-refractivity contribution in [2.45, 2.75) is 57.8 Å². The van der Waals surface area contributed by atoms with Gasteiger partial charge < -0.3 is 4.74 Å². The highest BCUT2D eigenvalue weighted by Crippen LogP contribution is 2.19. The van der Waals surface area contributed by atoms with Crippen molar-refractivity contribution in [3.8, 4) is 6.07 Å². The lowest BCUT2D eigenvalue weighted by molar-refractivity contribution is -0.145. The summed E-state index contributed by atoms with van der Waals surface area (Å²) in [4.78, 5) is 0. The van der Waals surface area contributed by atoms with Gasteiger partial charge in [0, 0.05) is 12.6 Å². The summed E-state index contributed by atoms with van der Waals surface area (Å²) in [5.41, 5.74) is -0.651. The Morgan fingerprint density at radius 2 is 1.83 bits per heavy atom. The van der Waals surface area contributed by atoms with E-state index in [1.807, 2.05) is 13.8 Å². The topological polar surface area (TPSA) is 45.0 Å². The highest BCUT2D eigenvalue weighted by Gasteiger charge is 2.26. The van der Waals surface area contributed by atoms with Crippen LogP contribution < -0.4 is 5.32 Å².